The van der Waals surface area contributed by atoms with Crippen LogP contribution in [0, 0.1) is 0 Å². The Hall–Kier alpha value is -1.89. The number of rotatable bonds is 2. The number of piperidine rings is 1. The van der Waals surface area contributed by atoms with Gasteiger partial charge in [-0.3, -0.25) is 0 Å². The highest BCUT2D eigenvalue weighted by atomic mass is 16.5. The van der Waals surface area contributed by atoms with Crippen LogP contribution in [0.5, 0.6) is 0 Å². The molecule has 0 bridgehead atoms. The molecule has 1 aromatic rings. The molecule has 0 radical (unpaired) electrons. The van der Waals surface area contributed by atoms with Crippen LogP contribution in [0.3, 0.4) is 0 Å². The van der Waals surface area contributed by atoms with Crippen LogP contribution in [0.25, 0.3) is 0 Å². The molecule has 1 N–H and O–H groups in total. The molecular weight excluding hydrogens is 272 g/mol. The number of morpholine rings is 1. The number of hydrogen-bond donors (Lipinski definition) is 1. The Morgan fingerprint density at radius 3 is 2.62 bits per heavy atom. The largest absolute Gasteiger partial charge is 0.465 e. The molecule has 2 fully saturated rings. The van der Waals surface area contributed by atoms with E-state index >= 15 is 0 Å². The number of carboxylic acid groups (broad SMARTS) is 1. The molecule has 0 atom stereocenters. The number of carbonyl (C=O) groups is 1. The average Bonchev–Trinajstić information content (AvgIpc) is 2.56. The molecule has 1 aromatic heterocycles. The van der Waals surface area contributed by atoms with Gasteiger partial charge in [0.15, 0.2) is 0 Å². The van der Waals surface area contributed by atoms with Gasteiger partial charge in [-0.2, -0.15) is 0 Å². The lowest BCUT2D eigenvalue weighted by molar-refractivity contribution is 0.122. The van der Waals surface area contributed by atoms with E-state index in [2.05, 4.69) is 14.9 Å². The third-order valence-electron chi connectivity index (χ3n) is 4.14. The van der Waals surface area contributed by atoms with Gasteiger partial charge in [-0.1, -0.05) is 0 Å². The van der Waals surface area contributed by atoms with E-state index in [1.165, 1.54) is 4.90 Å². The lowest BCUT2D eigenvalue weighted by Crippen LogP contribution is -2.38. The molecule has 3 heterocycles. The summed E-state index contributed by atoms with van der Waals surface area (Å²) >= 11 is 0. The molecule has 0 unspecified atom stereocenters. The van der Waals surface area contributed by atoms with E-state index in [1.807, 2.05) is 6.07 Å². The van der Waals surface area contributed by atoms with Gasteiger partial charge in [-0.15, -0.1) is 0 Å². The monoisotopic (exact) mass is 292 g/mol. The SMILES string of the molecule is O=C(O)N1CCC(c2ccnc(N3CCOCC3)n2)CC1. The van der Waals surface area contributed by atoms with Crippen molar-refractivity contribution in [2.45, 2.75) is 18.8 Å². The van der Waals surface area contributed by atoms with Crippen LogP contribution in [-0.4, -0.2) is 65.5 Å². The van der Waals surface area contributed by atoms with Crippen molar-refractivity contribution in [3.05, 3.63) is 18.0 Å². The van der Waals surface area contributed by atoms with Crippen molar-refractivity contribution in [1.82, 2.24) is 14.9 Å². The number of ether oxygens (including phenoxy) is 1. The first-order valence-electron chi connectivity index (χ1n) is 7.37. The Kier molecular flexibility index (Phi) is 4.19. The number of anilines is 1. The quantitative estimate of drug-likeness (QED) is 0.881. The van der Waals surface area contributed by atoms with Gasteiger partial charge in [0, 0.05) is 44.0 Å². The van der Waals surface area contributed by atoms with Crippen LogP contribution in [-0.2, 0) is 4.74 Å². The molecule has 2 aliphatic rings. The molecular formula is C14H20N4O3. The number of aromatic nitrogens is 2. The van der Waals surface area contributed by atoms with Crippen LogP contribution in [0.2, 0.25) is 0 Å². The minimum absolute atomic E-state index is 0.323. The molecule has 0 aliphatic carbocycles. The maximum atomic E-state index is 10.9. The maximum absolute atomic E-state index is 10.9. The van der Waals surface area contributed by atoms with E-state index < -0.39 is 6.09 Å². The smallest absolute Gasteiger partial charge is 0.407 e. The van der Waals surface area contributed by atoms with Gasteiger partial charge in [0.2, 0.25) is 5.95 Å². The van der Waals surface area contributed by atoms with Crippen molar-refractivity contribution in [1.29, 1.82) is 0 Å². The molecule has 0 saturated carbocycles. The van der Waals surface area contributed by atoms with Crippen LogP contribution in [0.1, 0.15) is 24.5 Å². The van der Waals surface area contributed by atoms with Crippen molar-refractivity contribution >= 4 is 12.0 Å². The second-order valence-corrected chi connectivity index (χ2v) is 5.42. The van der Waals surface area contributed by atoms with Gasteiger partial charge in [-0.25, -0.2) is 14.8 Å². The first-order valence-corrected chi connectivity index (χ1v) is 7.37. The van der Waals surface area contributed by atoms with Gasteiger partial charge >= 0.3 is 6.09 Å². The Labute approximate surface area is 123 Å². The van der Waals surface area contributed by atoms with E-state index in [-0.39, 0.29) is 0 Å². The molecule has 3 rings (SSSR count). The fourth-order valence-electron chi connectivity index (χ4n) is 2.87. The number of amides is 1. The lowest BCUT2D eigenvalue weighted by atomic mass is 9.93. The molecule has 2 saturated heterocycles. The molecule has 0 spiro atoms. The van der Waals surface area contributed by atoms with Gasteiger partial charge in [0.25, 0.3) is 0 Å². The third-order valence-corrected chi connectivity index (χ3v) is 4.14. The van der Waals surface area contributed by atoms with E-state index in [4.69, 9.17) is 9.84 Å². The van der Waals surface area contributed by atoms with E-state index in [9.17, 15) is 4.79 Å². The van der Waals surface area contributed by atoms with Crippen molar-refractivity contribution in [2.24, 2.45) is 0 Å². The highest BCUT2D eigenvalue weighted by molar-refractivity contribution is 5.65. The maximum Gasteiger partial charge on any atom is 0.407 e. The zero-order valence-electron chi connectivity index (χ0n) is 11.9. The van der Waals surface area contributed by atoms with Crippen molar-refractivity contribution < 1.29 is 14.6 Å². The van der Waals surface area contributed by atoms with Gasteiger partial charge in [-0.05, 0) is 18.9 Å². The number of nitrogens with zero attached hydrogens (tertiary/aromatic N) is 4. The van der Waals surface area contributed by atoms with Crippen LogP contribution < -0.4 is 4.90 Å². The summed E-state index contributed by atoms with van der Waals surface area (Å²) in [5.74, 6) is 1.08. The van der Waals surface area contributed by atoms with Crippen LogP contribution in [0.15, 0.2) is 12.3 Å². The minimum Gasteiger partial charge on any atom is -0.465 e. The Morgan fingerprint density at radius 1 is 1.24 bits per heavy atom. The highest BCUT2D eigenvalue weighted by Gasteiger charge is 2.25. The van der Waals surface area contributed by atoms with Crippen LogP contribution in [0.4, 0.5) is 10.7 Å². The summed E-state index contributed by atoms with van der Waals surface area (Å²) in [7, 11) is 0. The Bertz CT molecular complexity index is 497. The number of hydrogen-bond acceptors (Lipinski definition) is 5. The summed E-state index contributed by atoms with van der Waals surface area (Å²) in [6, 6.07) is 1.95. The second kappa shape index (κ2) is 6.26. The van der Waals surface area contributed by atoms with Crippen molar-refractivity contribution in [2.75, 3.05) is 44.3 Å². The molecule has 114 valence electrons. The first-order chi connectivity index (χ1) is 10.2. The minimum atomic E-state index is -0.829. The zero-order chi connectivity index (χ0) is 14.7. The van der Waals surface area contributed by atoms with Crippen LogP contribution >= 0.6 is 0 Å². The summed E-state index contributed by atoms with van der Waals surface area (Å²) in [5.41, 5.74) is 1.02. The third kappa shape index (κ3) is 3.24. The van der Waals surface area contributed by atoms with E-state index in [0.717, 1.165) is 37.6 Å². The molecule has 0 aromatic carbocycles. The summed E-state index contributed by atoms with van der Waals surface area (Å²) in [6.45, 7) is 4.23. The number of likely N-dealkylation sites (tertiary alicyclic amines) is 1. The summed E-state index contributed by atoms with van der Waals surface area (Å²) in [5, 5.41) is 8.99. The van der Waals surface area contributed by atoms with Crippen molar-refractivity contribution in [3.8, 4) is 0 Å². The van der Waals surface area contributed by atoms with Gasteiger partial charge in [0.1, 0.15) is 0 Å². The predicted molar refractivity (Wildman–Crippen MR) is 76.6 cm³/mol. The van der Waals surface area contributed by atoms with Crippen molar-refractivity contribution in [3.63, 3.8) is 0 Å². The Balaban J connectivity index is 1.67. The summed E-state index contributed by atoms with van der Waals surface area (Å²) in [4.78, 5) is 23.6. The predicted octanol–water partition coefficient (Wildman–Crippen LogP) is 1.17. The second-order valence-electron chi connectivity index (χ2n) is 5.42. The fraction of sp³-hybridized carbons (Fsp3) is 0.643. The summed E-state index contributed by atoms with van der Waals surface area (Å²) < 4.78 is 5.34. The average molecular weight is 292 g/mol. The molecule has 7 nitrogen and oxygen atoms in total. The van der Waals surface area contributed by atoms with E-state index in [1.54, 1.807) is 6.20 Å². The standard InChI is InChI=1S/C14H20N4O3/c19-14(20)18-5-2-11(3-6-18)12-1-4-15-13(16-12)17-7-9-21-10-8-17/h1,4,11H,2-3,5-10H2,(H,19,20). The van der Waals surface area contributed by atoms with Gasteiger partial charge < -0.3 is 19.6 Å². The molecule has 1 amide bonds. The first kappa shape index (κ1) is 14.1. The summed E-state index contributed by atoms with van der Waals surface area (Å²) in [6.07, 6.45) is 2.62. The molecule has 7 heteroatoms. The van der Waals surface area contributed by atoms with Gasteiger partial charge in [0.05, 0.1) is 13.2 Å². The van der Waals surface area contributed by atoms with E-state index in [0.29, 0.717) is 32.2 Å². The lowest BCUT2D eigenvalue weighted by Gasteiger charge is -2.31. The zero-order valence-corrected chi connectivity index (χ0v) is 11.9. The topological polar surface area (TPSA) is 78.8 Å². The normalized spacial score (nSPS) is 20.6. The molecule has 2 aliphatic heterocycles. The Morgan fingerprint density at radius 2 is 1.95 bits per heavy atom. The fourth-order valence-corrected chi connectivity index (χ4v) is 2.87. The molecule has 21 heavy (non-hydrogen) atoms. The highest BCUT2D eigenvalue weighted by Crippen LogP contribution is 2.27.